The molecule has 234 valence electrons. The van der Waals surface area contributed by atoms with Crippen LogP contribution in [0.5, 0.6) is 0 Å². The molecule has 0 unspecified atom stereocenters. The number of benzene rings is 8. The lowest BCUT2D eigenvalue weighted by atomic mass is 9.82. The van der Waals surface area contributed by atoms with Crippen molar-refractivity contribution in [2.24, 2.45) is 0 Å². The highest BCUT2D eigenvalue weighted by Crippen LogP contribution is 2.53. The summed E-state index contributed by atoms with van der Waals surface area (Å²) in [5.74, 6) is 0. The lowest BCUT2D eigenvalue weighted by Crippen LogP contribution is -2.17. The Morgan fingerprint density at radius 1 is 0.327 bits per heavy atom. The van der Waals surface area contributed by atoms with Gasteiger partial charge in [-0.05, 0) is 113 Å². The van der Waals surface area contributed by atoms with Gasteiger partial charge < -0.3 is 4.90 Å². The summed E-state index contributed by atoms with van der Waals surface area (Å²) in [7, 11) is 0. The van der Waals surface area contributed by atoms with Crippen molar-refractivity contribution in [3.05, 3.63) is 174 Å². The Bertz CT molecular complexity index is 2670. The van der Waals surface area contributed by atoms with E-state index in [-0.39, 0.29) is 10.8 Å². The van der Waals surface area contributed by atoms with Crippen molar-refractivity contribution in [3.63, 3.8) is 0 Å². The van der Waals surface area contributed by atoms with Crippen LogP contribution in [-0.2, 0) is 10.8 Å². The highest BCUT2D eigenvalue weighted by molar-refractivity contribution is 6.17. The minimum atomic E-state index is -0.0881. The zero-order valence-corrected chi connectivity index (χ0v) is 28.4. The van der Waals surface area contributed by atoms with E-state index < -0.39 is 0 Å². The van der Waals surface area contributed by atoms with E-state index in [1.165, 1.54) is 88.2 Å². The topological polar surface area (TPSA) is 3.24 Å². The Labute approximate surface area is 288 Å². The molecule has 10 rings (SSSR count). The summed E-state index contributed by atoms with van der Waals surface area (Å²) >= 11 is 0. The first-order valence-electron chi connectivity index (χ1n) is 17.4. The Kier molecular flexibility index (Phi) is 5.75. The van der Waals surface area contributed by atoms with E-state index in [9.17, 15) is 0 Å². The van der Waals surface area contributed by atoms with E-state index in [4.69, 9.17) is 0 Å². The Morgan fingerprint density at radius 3 is 1.59 bits per heavy atom. The average Bonchev–Trinajstić information content (AvgIpc) is 3.50. The van der Waals surface area contributed by atoms with E-state index in [0.29, 0.717) is 0 Å². The molecule has 0 N–H and O–H groups in total. The predicted octanol–water partition coefficient (Wildman–Crippen LogP) is 13.2. The standard InChI is InChI=1S/C48H37N/c1-47(2)44-16-10-8-14-39(44)42-28-33(22-26-45(42)47)49(34-21-25-40-38-13-7-9-15-43(38)48(3,4)46(40)29-34)32-20-17-31-19-23-36-35-12-6-5-11-30(35)18-24-37(36)41(31)27-32/h5-29H,1-4H3. The van der Waals surface area contributed by atoms with Gasteiger partial charge in [-0.2, -0.15) is 0 Å². The van der Waals surface area contributed by atoms with Crippen LogP contribution >= 0.6 is 0 Å². The molecule has 0 fully saturated rings. The molecule has 0 heterocycles. The van der Waals surface area contributed by atoms with Crippen molar-refractivity contribution in [1.82, 2.24) is 0 Å². The molecule has 0 bridgehead atoms. The number of fused-ring (bicyclic) bond motifs is 11. The highest BCUT2D eigenvalue weighted by Gasteiger charge is 2.37. The third-order valence-corrected chi connectivity index (χ3v) is 11.6. The second-order valence-electron chi connectivity index (χ2n) is 15.0. The number of nitrogens with zero attached hydrogens (tertiary/aromatic N) is 1. The van der Waals surface area contributed by atoms with Crippen LogP contribution in [0.2, 0.25) is 0 Å². The molecule has 2 aliphatic carbocycles. The zero-order valence-electron chi connectivity index (χ0n) is 28.4. The molecule has 0 atom stereocenters. The van der Waals surface area contributed by atoms with Gasteiger partial charge >= 0.3 is 0 Å². The molecule has 0 saturated heterocycles. The van der Waals surface area contributed by atoms with Gasteiger partial charge in [-0.1, -0.05) is 143 Å². The van der Waals surface area contributed by atoms with Crippen LogP contribution in [0, 0.1) is 0 Å². The minimum absolute atomic E-state index is 0.0384. The molecule has 0 amide bonds. The Hall–Kier alpha value is -5.66. The predicted molar refractivity (Wildman–Crippen MR) is 209 cm³/mol. The van der Waals surface area contributed by atoms with E-state index in [0.717, 1.165) is 5.69 Å². The minimum Gasteiger partial charge on any atom is -0.310 e. The molecule has 8 aromatic carbocycles. The van der Waals surface area contributed by atoms with Crippen molar-refractivity contribution in [2.75, 3.05) is 4.90 Å². The highest BCUT2D eigenvalue weighted by atomic mass is 15.1. The SMILES string of the molecule is CC1(C)c2ccccc2-c2cc(N(c3ccc4c(c3)C(C)(C)c3ccccc3-4)c3ccc4ccc5c6ccccc6ccc5c4c3)ccc21. The fourth-order valence-electron chi connectivity index (χ4n) is 9.07. The third kappa shape index (κ3) is 3.93. The maximum atomic E-state index is 2.48. The second-order valence-corrected chi connectivity index (χ2v) is 15.0. The molecule has 8 aromatic rings. The van der Waals surface area contributed by atoms with Gasteiger partial charge in [-0.15, -0.1) is 0 Å². The van der Waals surface area contributed by atoms with Gasteiger partial charge in [0.15, 0.2) is 0 Å². The van der Waals surface area contributed by atoms with Crippen LogP contribution in [0.4, 0.5) is 17.1 Å². The van der Waals surface area contributed by atoms with Crippen LogP contribution in [-0.4, -0.2) is 0 Å². The summed E-state index contributed by atoms with van der Waals surface area (Å²) in [6.07, 6.45) is 0. The lowest BCUT2D eigenvalue weighted by molar-refractivity contribution is 0.660. The molecule has 1 heteroatoms. The zero-order chi connectivity index (χ0) is 33.1. The summed E-state index contributed by atoms with van der Waals surface area (Å²) in [5.41, 5.74) is 14.3. The lowest BCUT2D eigenvalue weighted by Gasteiger charge is -2.29. The molecular formula is C48H37N. The number of anilines is 3. The Morgan fingerprint density at radius 2 is 0.816 bits per heavy atom. The number of hydrogen-bond donors (Lipinski definition) is 0. The van der Waals surface area contributed by atoms with E-state index in [1.54, 1.807) is 0 Å². The summed E-state index contributed by atoms with van der Waals surface area (Å²) < 4.78 is 0. The van der Waals surface area contributed by atoms with Crippen LogP contribution in [0.1, 0.15) is 49.9 Å². The molecule has 49 heavy (non-hydrogen) atoms. The molecule has 0 aliphatic heterocycles. The normalized spacial score (nSPS) is 14.9. The quantitative estimate of drug-likeness (QED) is 0.176. The fraction of sp³-hybridized carbons (Fsp3) is 0.125. The maximum Gasteiger partial charge on any atom is 0.0468 e. The van der Waals surface area contributed by atoms with Gasteiger partial charge in [-0.3, -0.25) is 0 Å². The van der Waals surface area contributed by atoms with Crippen LogP contribution in [0.3, 0.4) is 0 Å². The van der Waals surface area contributed by atoms with Crippen molar-refractivity contribution in [1.29, 1.82) is 0 Å². The van der Waals surface area contributed by atoms with Gasteiger partial charge in [0.1, 0.15) is 0 Å². The number of hydrogen-bond acceptors (Lipinski definition) is 1. The van der Waals surface area contributed by atoms with Gasteiger partial charge in [0.2, 0.25) is 0 Å². The van der Waals surface area contributed by atoms with Gasteiger partial charge in [-0.25, -0.2) is 0 Å². The van der Waals surface area contributed by atoms with Crippen molar-refractivity contribution in [2.45, 2.75) is 38.5 Å². The van der Waals surface area contributed by atoms with Gasteiger partial charge in [0.25, 0.3) is 0 Å². The molecule has 1 nitrogen and oxygen atoms in total. The molecule has 2 aliphatic rings. The largest absolute Gasteiger partial charge is 0.310 e. The molecular weight excluding hydrogens is 591 g/mol. The first-order chi connectivity index (χ1) is 23.8. The Balaban J connectivity index is 1.22. The average molecular weight is 628 g/mol. The van der Waals surface area contributed by atoms with Crippen molar-refractivity contribution in [3.8, 4) is 22.3 Å². The van der Waals surface area contributed by atoms with Crippen LogP contribution < -0.4 is 4.90 Å². The first kappa shape index (κ1) is 28.4. The summed E-state index contributed by atoms with van der Waals surface area (Å²) in [6.45, 7) is 9.44. The summed E-state index contributed by atoms with van der Waals surface area (Å²) in [4.78, 5) is 2.48. The fourth-order valence-corrected chi connectivity index (χ4v) is 9.07. The number of rotatable bonds is 3. The molecule has 0 spiro atoms. The van der Waals surface area contributed by atoms with Gasteiger partial charge in [0.05, 0.1) is 0 Å². The first-order valence-corrected chi connectivity index (χ1v) is 17.4. The third-order valence-electron chi connectivity index (χ3n) is 11.6. The maximum absolute atomic E-state index is 2.48. The molecule has 0 radical (unpaired) electrons. The second kappa shape index (κ2) is 9.94. The molecule has 0 saturated carbocycles. The smallest absolute Gasteiger partial charge is 0.0468 e. The van der Waals surface area contributed by atoms with Crippen molar-refractivity contribution < 1.29 is 0 Å². The van der Waals surface area contributed by atoms with E-state index >= 15 is 0 Å². The molecule has 0 aromatic heterocycles. The van der Waals surface area contributed by atoms with E-state index in [1.807, 2.05) is 0 Å². The monoisotopic (exact) mass is 627 g/mol. The van der Waals surface area contributed by atoms with Crippen LogP contribution in [0.15, 0.2) is 152 Å². The van der Waals surface area contributed by atoms with E-state index in [2.05, 4.69) is 184 Å². The van der Waals surface area contributed by atoms with Crippen LogP contribution in [0.25, 0.3) is 54.6 Å². The summed E-state index contributed by atoms with van der Waals surface area (Å²) in [5, 5.41) is 7.67. The van der Waals surface area contributed by atoms with Crippen molar-refractivity contribution >= 4 is 49.4 Å². The summed E-state index contributed by atoms with van der Waals surface area (Å²) in [6, 6.07) is 56.9. The van der Waals surface area contributed by atoms with Gasteiger partial charge in [0, 0.05) is 27.9 Å².